The molecule has 0 unspecified atom stereocenters. The lowest BCUT2D eigenvalue weighted by Crippen LogP contribution is -2.37. The second kappa shape index (κ2) is 5.83. The van der Waals surface area contributed by atoms with Crippen LogP contribution in [0.25, 0.3) is 0 Å². The van der Waals surface area contributed by atoms with E-state index < -0.39 is 0 Å². The van der Waals surface area contributed by atoms with Gasteiger partial charge in [0, 0.05) is 24.3 Å². The maximum absolute atomic E-state index is 12.6. The molecule has 0 saturated heterocycles. The van der Waals surface area contributed by atoms with E-state index in [-0.39, 0.29) is 5.91 Å². The van der Waals surface area contributed by atoms with Crippen LogP contribution in [0.4, 0.5) is 0 Å². The molecule has 116 valence electrons. The van der Waals surface area contributed by atoms with Crippen LogP contribution in [0.1, 0.15) is 28.1 Å². The lowest BCUT2D eigenvalue weighted by Gasteiger charge is -2.29. The minimum atomic E-state index is 0.154. The molecule has 5 heteroatoms. The van der Waals surface area contributed by atoms with Crippen LogP contribution >= 0.6 is 0 Å². The molecule has 1 aliphatic heterocycles. The van der Waals surface area contributed by atoms with E-state index in [4.69, 9.17) is 4.74 Å². The van der Waals surface area contributed by atoms with E-state index in [1.54, 1.807) is 7.11 Å². The van der Waals surface area contributed by atoms with Crippen LogP contribution in [0, 0.1) is 13.8 Å². The van der Waals surface area contributed by atoms with Crippen LogP contribution in [0.5, 0.6) is 5.75 Å². The number of benzene rings is 1. The van der Waals surface area contributed by atoms with E-state index in [0.717, 1.165) is 35.7 Å². The first-order valence-corrected chi connectivity index (χ1v) is 7.52. The SMILES string of the molecule is COc1ccc2c(c1)CN(C(=O)Cc1c(C)n[nH]c1C)CC2. The van der Waals surface area contributed by atoms with Gasteiger partial charge in [-0.05, 0) is 43.5 Å². The number of H-pyrrole nitrogens is 1. The van der Waals surface area contributed by atoms with E-state index in [1.807, 2.05) is 30.9 Å². The summed E-state index contributed by atoms with van der Waals surface area (Å²) < 4.78 is 5.28. The zero-order valence-corrected chi connectivity index (χ0v) is 13.3. The Bertz CT molecular complexity index is 686. The van der Waals surface area contributed by atoms with Crippen molar-refractivity contribution in [2.24, 2.45) is 0 Å². The zero-order chi connectivity index (χ0) is 15.7. The van der Waals surface area contributed by atoms with Crippen LogP contribution in [0.3, 0.4) is 0 Å². The van der Waals surface area contributed by atoms with Gasteiger partial charge in [-0.1, -0.05) is 6.07 Å². The average molecular weight is 299 g/mol. The third-order valence-electron chi connectivity index (χ3n) is 4.39. The number of carbonyl (C=O) groups is 1. The van der Waals surface area contributed by atoms with Crippen molar-refractivity contribution in [1.29, 1.82) is 0 Å². The molecule has 0 aliphatic carbocycles. The number of ether oxygens (including phenoxy) is 1. The van der Waals surface area contributed by atoms with Crippen molar-refractivity contribution in [3.05, 3.63) is 46.3 Å². The first kappa shape index (κ1) is 14.6. The van der Waals surface area contributed by atoms with Gasteiger partial charge in [0.1, 0.15) is 5.75 Å². The number of aryl methyl sites for hydroxylation is 2. The van der Waals surface area contributed by atoms with E-state index >= 15 is 0 Å². The van der Waals surface area contributed by atoms with Crippen molar-refractivity contribution in [2.75, 3.05) is 13.7 Å². The molecular formula is C17H21N3O2. The lowest BCUT2D eigenvalue weighted by atomic mass is 9.98. The molecule has 3 rings (SSSR count). The van der Waals surface area contributed by atoms with Crippen LogP contribution in [0.2, 0.25) is 0 Å². The van der Waals surface area contributed by atoms with Crippen molar-refractivity contribution in [1.82, 2.24) is 15.1 Å². The molecule has 1 aromatic carbocycles. The van der Waals surface area contributed by atoms with Gasteiger partial charge in [0.2, 0.25) is 5.91 Å². The minimum Gasteiger partial charge on any atom is -0.497 e. The molecule has 0 atom stereocenters. The summed E-state index contributed by atoms with van der Waals surface area (Å²) in [6, 6.07) is 6.11. The van der Waals surface area contributed by atoms with Crippen molar-refractivity contribution in [2.45, 2.75) is 33.2 Å². The second-order valence-electron chi connectivity index (χ2n) is 5.79. The number of aromatic amines is 1. The minimum absolute atomic E-state index is 0.154. The predicted octanol–water partition coefficient (Wildman–Crippen LogP) is 2.16. The third kappa shape index (κ3) is 2.71. The Kier molecular flexibility index (Phi) is 3.88. The van der Waals surface area contributed by atoms with Gasteiger partial charge in [-0.2, -0.15) is 5.10 Å². The molecule has 0 saturated carbocycles. The Morgan fingerprint density at radius 1 is 1.36 bits per heavy atom. The molecule has 1 N–H and O–H groups in total. The fraction of sp³-hybridized carbons (Fsp3) is 0.412. The van der Waals surface area contributed by atoms with Crippen LogP contribution in [-0.2, 0) is 24.2 Å². The first-order valence-electron chi connectivity index (χ1n) is 7.52. The lowest BCUT2D eigenvalue weighted by molar-refractivity contribution is -0.131. The summed E-state index contributed by atoms with van der Waals surface area (Å²) in [4.78, 5) is 14.5. The highest BCUT2D eigenvalue weighted by Gasteiger charge is 2.22. The fourth-order valence-electron chi connectivity index (χ4n) is 2.97. The molecule has 0 fully saturated rings. The van der Waals surface area contributed by atoms with Crippen LogP contribution in [0.15, 0.2) is 18.2 Å². The summed E-state index contributed by atoms with van der Waals surface area (Å²) in [7, 11) is 1.66. The first-order chi connectivity index (χ1) is 10.6. The predicted molar refractivity (Wildman–Crippen MR) is 83.9 cm³/mol. The van der Waals surface area contributed by atoms with Gasteiger partial charge >= 0.3 is 0 Å². The van der Waals surface area contributed by atoms with E-state index in [0.29, 0.717) is 13.0 Å². The summed E-state index contributed by atoms with van der Waals surface area (Å²) in [5, 5.41) is 7.10. The maximum atomic E-state index is 12.6. The van der Waals surface area contributed by atoms with Gasteiger partial charge in [0.25, 0.3) is 0 Å². The van der Waals surface area contributed by atoms with Gasteiger partial charge in [0.05, 0.1) is 19.2 Å². The molecular weight excluding hydrogens is 278 g/mol. The summed E-state index contributed by atoms with van der Waals surface area (Å²) in [5.41, 5.74) is 5.39. The number of amides is 1. The van der Waals surface area contributed by atoms with Gasteiger partial charge in [0.15, 0.2) is 0 Å². The summed E-state index contributed by atoms with van der Waals surface area (Å²) >= 11 is 0. The highest BCUT2D eigenvalue weighted by atomic mass is 16.5. The summed E-state index contributed by atoms with van der Waals surface area (Å²) in [6.07, 6.45) is 1.31. The molecule has 1 amide bonds. The summed E-state index contributed by atoms with van der Waals surface area (Å²) in [6.45, 7) is 5.32. The number of carbonyl (C=O) groups excluding carboxylic acids is 1. The highest BCUT2D eigenvalue weighted by Crippen LogP contribution is 2.24. The van der Waals surface area contributed by atoms with E-state index in [1.165, 1.54) is 11.1 Å². The molecule has 2 aromatic rings. The Hall–Kier alpha value is -2.30. The molecule has 0 bridgehead atoms. The van der Waals surface area contributed by atoms with Crippen molar-refractivity contribution >= 4 is 5.91 Å². The number of hydrogen-bond acceptors (Lipinski definition) is 3. The number of aromatic nitrogens is 2. The maximum Gasteiger partial charge on any atom is 0.227 e. The van der Waals surface area contributed by atoms with Gasteiger partial charge in [-0.15, -0.1) is 0 Å². The standard InChI is InChI=1S/C17H21N3O2/c1-11-16(12(2)19-18-11)9-17(21)20-7-6-13-4-5-15(22-3)8-14(13)10-20/h4-5,8H,6-7,9-10H2,1-3H3,(H,18,19). The largest absolute Gasteiger partial charge is 0.497 e. The van der Waals surface area contributed by atoms with Crippen molar-refractivity contribution < 1.29 is 9.53 Å². The molecule has 0 spiro atoms. The Labute approximate surface area is 130 Å². The Balaban J connectivity index is 1.75. The van der Waals surface area contributed by atoms with Crippen molar-refractivity contribution in [3.63, 3.8) is 0 Å². The molecule has 1 aromatic heterocycles. The second-order valence-corrected chi connectivity index (χ2v) is 5.79. The normalized spacial score (nSPS) is 13.9. The Morgan fingerprint density at radius 3 is 2.86 bits per heavy atom. The molecule has 1 aliphatic rings. The van der Waals surface area contributed by atoms with Gasteiger partial charge in [-0.25, -0.2) is 0 Å². The topological polar surface area (TPSA) is 58.2 Å². The quantitative estimate of drug-likeness (QED) is 0.945. The number of fused-ring (bicyclic) bond motifs is 1. The van der Waals surface area contributed by atoms with Crippen LogP contribution < -0.4 is 4.74 Å². The number of nitrogens with one attached hydrogen (secondary N) is 1. The molecule has 2 heterocycles. The molecule has 22 heavy (non-hydrogen) atoms. The smallest absolute Gasteiger partial charge is 0.227 e. The monoisotopic (exact) mass is 299 g/mol. The van der Waals surface area contributed by atoms with Gasteiger partial charge < -0.3 is 9.64 Å². The third-order valence-corrected chi connectivity index (χ3v) is 4.39. The van der Waals surface area contributed by atoms with E-state index in [9.17, 15) is 4.79 Å². The van der Waals surface area contributed by atoms with Crippen molar-refractivity contribution in [3.8, 4) is 5.75 Å². The Morgan fingerprint density at radius 2 is 2.18 bits per heavy atom. The number of hydrogen-bond donors (Lipinski definition) is 1. The highest BCUT2D eigenvalue weighted by molar-refractivity contribution is 5.79. The number of rotatable bonds is 3. The zero-order valence-electron chi connectivity index (χ0n) is 13.3. The van der Waals surface area contributed by atoms with Gasteiger partial charge in [-0.3, -0.25) is 9.89 Å². The molecule has 0 radical (unpaired) electrons. The van der Waals surface area contributed by atoms with Crippen LogP contribution in [-0.4, -0.2) is 34.7 Å². The average Bonchev–Trinajstić information content (AvgIpc) is 2.85. The fourth-order valence-corrected chi connectivity index (χ4v) is 2.97. The number of methoxy groups -OCH3 is 1. The molecule has 5 nitrogen and oxygen atoms in total. The number of nitrogens with zero attached hydrogens (tertiary/aromatic N) is 2. The summed E-state index contributed by atoms with van der Waals surface area (Å²) in [5.74, 6) is 0.996. The van der Waals surface area contributed by atoms with E-state index in [2.05, 4.69) is 16.3 Å².